The van der Waals surface area contributed by atoms with E-state index >= 15 is 0 Å². The second kappa shape index (κ2) is 6.35. The fraction of sp³-hybridized carbons (Fsp3) is 0.696. The topological polar surface area (TPSA) is 62.2 Å². The summed E-state index contributed by atoms with van der Waals surface area (Å²) in [5.41, 5.74) is 1.81. The SMILES string of the molecule is CC[C@@]12CCCN3CC[C@]4(c5ccc(OC)c(OC)c5N(C(C)=O)[C@@H]4[C@@H](O)C1)[C@H]32. The summed E-state index contributed by atoms with van der Waals surface area (Å²) in [5.74, 6) is 1.19. The molecule has 158 valence electrons. The van der Waals surface area contributed by atoms with Gasteiger partial charge in [-0.25, -0.2) is 0 Å². The van der Waals surface area contributed by atoms with Gasteiger partial charge in [0.05, 0.1) is 32.1 Å². The molecule has 3 fully saturated rings. The van der Waals surface area contributed by atoms with Crippen molar-refractivity contribution >= 4 is 11.6 Å². The molecule has 3 aliphatic heterocycles. The maximum atomic E-state index is 13.0. The van der Waals surface area contributed by atoms with Crippen molar-refractivity contribution in [1.82, 2.24) is 4.90 Å². The van der Waals surface area contributed by atoms with Gasteiger partial charge in [0.2, 0.25) is 5.91 Å². The molecule has 6 heteroatoms. The average molecular weight is 401 g/mol. The normalized spacial score (nSPS) is 37.7. The number of piperidine rings is 1. The van der Waals surface area contributed by atoms with Crippen LogP contribution < -0.4 is 14.4 Å². The van der Waals surface area contributed by atoms with Gasteiger partial charge >= 0.3 is 0 Å². The first-order valence-corrected chi connectivity index (χ1v) is 10.9. The van der Waals surface area contributed by atoms with Gasteiger partial charge in [0.1, 0.15) is 0 Å². The zero-order valence-electron chi connectivity index (χ0n) is 17.9. The molecule has 29 heavy (non-hydrogen) atoms. The zero-order chi connectivity index (χ0) is 20.6. The lowest BCUT2D eigenvalue weighted by atomic mass is 9.51. The largest absolute Gasteiger partial charge is 0.493 e. The van der Waals surface area contributed by atoms with E-state index in [0.29, 0.717) is 17.5 Å². The van der Waals surface area contributed by atoms with Gasteiger partial charge in [0.25, 0.3) is 0 Å². The van der Waals surface area contributed by atoms with Crippen LogP contribution in [0.2, 0.25) is 0 Å². The fourth-order valence-electron chi connectivity index (χ4n) is 7.64. The highest BCUT2D eigenvalue weighted by Gasteiger charge is 2.71. The molecule has 1 aromatic rings. The number of carbonyl (C=O) groups is 1. The number of aliphatic hydroxyl groups excluding tert-OH is 1. The maximum absolute atomic E-state index is 13.0. The number of anilines is 1. The Bertz CT molecular complexity index is 858. The summed E-state index contributed by atoms with van der Waals surface area (Å²) in [6.07, 6.45) is 4.58. The zero-order valence-corrected chi connectivity index (χ0v) is 17.9. The number of fused-ring (bicyclic) bond motifs is 1. The molecule has 3 heterocycles. The highest BCUT2D eigenvalue weighted by Crippen LogP contribution is 2.67. The second-order valence-corrected chi connectivity index (χ2v) is 9.35. The predicted octanol–water partition coefficient (Wildman–Crippen LogP) is 2.71. The summed E-state index contributed by atoms with van der Waals surface area (Å²) in [6, 6.07) is 4.20. The highest BCUT2D eigenvalue weighted by atomic mass is 16.5. The van der Waals surface area contributed by atoms with Gasteiger partial charge in [-0.2, -0.15) is 0 Å². The first-order valence-electron chi connectivity index (χ1n) is 10.9. The van der Waals surface area contributed by atoms with Crippen LogP contribution in [0.25, 0.3) is 0 Å². The van der Waals surface area contributed by atoms with Crippen LogP contribution >= 0.6 is 0 Å². The van der Waals surface area contributed by atoms with Gasteiger partial charge in [-0.1, -0.05) is 13.0 Å². The van der Waals surface area contributed by atoms with Crippen LogP contribution in [0.5, 0.6) is 11.5 Å². The standard InChI is InChI=1S/C23H32N2O4/c1-5-22-9-6-11-24-12-10-23(21(22)24)15-7-8-17(28-3)19(29-4)18(15)25(14(2)26)20(23)16(27)13-22/h7-8,16,20-21,27H,5-6,9-13H2,1-4H3/t16-,20+,21+,22+,23+/m0/s1. The Morgan fingerprint density at radius 1 is 1.24 bits per heavy atom. The summed E-state index contributed by atoms with van der Waals surface area (Å²) in [5, 5.41) is 11.5. The average Bonchev–Trinajstić information content (AvgIpc) is 3.25. The van der Waals surface area contributed by atoms with Crippen molar-refractivity contribution in [2.45, 2.75) is 69.6 Å². The molecule has 0 aromatic heterocycles. The Hall–Kier alpha value is -1.79. The van der Waals surface area contributed by atoms with Crippen molar-refractivity contribution < 1.29 is 19.4 Å². The lowest BCUT2D eigenvalue weighted by Crippen LogP contribution is -2.69. The van der Waals surface area contributed by atoms with E-state index in [1.807, 2.05) is 11.0 Å². The van der Waals surface area contributed by atoms with Crippen LogP contribution in [0.3, 0.4) is 0 Å². The van der Waals surface area contributed by atoms with E-state index < -0.39 is 6.10 Å². The minimum atomic E-state index is -0.545. The monoisotopic (exact) mass is 400 g/mol. The Morgan fingerprint density at radius 2 is 2.03 bits per heavy atom. The van der Waals surface area contributed by atoms with Crippen molar-refractivity contribution in [3.8, 4) is 11.5 Å². The molecule has 1 saturated carbocycles. The smallest absolute Gasteiger partial charge is 0.224 e. The molecule has 4 aliphatic rings. The van der Waals surface area contributed by atoms with Crippen molar-refractivity contribution in [3.63, 3.8) is 0 Å². The molecule has 1 spiro atoms. The lowest BCUT2D eigenvalue weighted by molar-refractivity contribution is -0.121. The number of rotatable bonds is 3. The third-order valence-corrected chi connectivity index (χ3v) is 8.46. The molecule has 0 radical (unpaired) electrons. The van der Waals surface area contributed by atoms with E-state index in [9.17, 15) is 9.90 Å². The van der Waals surface area contributed by atoms with E-state index in [-0.39, 0.29) is 22.8 Å². The Kier molecular flexibility index (Phi) is 4.20. The van der Waals surface area contributed by atoms with Crippen LogP contribution in [0, 0.1) is 5.41 Å². The van der Waals surface area contributed by atoms with E-state index in [2.05, 4.69) is 17.9 Å². The molecule has 0 bridgehead atoms. The number of aliphatic hydroxyl groups is 1. The maximum Gasteiger partial charge on any atom is 0.224 e. The van der Waals surface area contributed by atoms with Crippen molar-refractivity contribution in [2.75, 3.05) is 32.2 Å². The fourth-order valence-corrected chi connectivity index (χ4v) is 7.64. The van der Waals surface area contributed by atoms with E-state index in [4.69, 9.17) is 9.47 Å². The van der Waals surface area contributed by atoms with Crippen LogP contribution in [0.4, 0.5) is 5.69 Å². The van der Waals surface area contributed by atoms with Crippen LogP contribution in [-0.2, 0) is 10.2 Å². The number of hydrogen-bond donors (Lipinski definition) is 1. The van der Waals surface area contributed by atoms with Crippen LogP contribution in [-0.4, -0.2) is 61.4 Å². The first kappa shape index (κ1) is 19.2. The predicted molar refractivity (Wildman–Crippen MR) is 111 cm³/mol. The van der Waals surface area contributed by atoms with Gasteiger partial charge in [-0.15, -0.1) is 0 Å². The molecular weight excluding hydrogens is 368 g/mol. The van der Waals surface area contributed by atoms with Crippen molar-refractivity contribution in [1.29, 1.82) is 0 Å². The number of hydrogen-bond acceptors (Lipinski definition) is 5. The molecule has 5 atom stereocenters. The summed E-state index contributed by atoms with van der Waals surface area (Å²) in [6.45, 7) is 6.01. The van der Waals surface area contributed by atoms with E-state index in [1.165, 1.54) is 6.42 Å². The minimum Gasteiger partial charge on any atom is -0.493 e. The third kappa shape index (κ3) is 2.17. The molecule has 1 aromatic carbocycles. The van der Waals surface area contributed by atoms with Crippen molar-refractivity contribution in [3.05, 3.63) is 17.7 Å². The minimum absolute atomic E-state index is 0.0445. The quantitative estimate of drug-likeness (QED) is 0.845. The van der Waals surface area contributed by atoms with Gasteiger partial charge in [0.15, 0.2) is 11.5 Å². The number of carbonyl (C=O) groups excluding carboxylic acids is 1. The highest BCUT2D eigenvalue weighted by molar-refractivity contribution is 5.99. The summed E-state index contributed by atoms with van der Waals surface area (Å²) >= 11 is 0. The molecule has 2 saturated heterocycles. The molecule has 1 N–H and O–H groups in total. The molecule has 0 unspecified atom stereocenters. The number of amides is 1. The van der Waals surface area contributed by atoms with Crippen LogP contribution in [0.1, 0.15) is 51.5 Å². The Balaban J connectivity index is 1.81. The number of methoxy groups -OCH3 is 2. The number of ether oxygens (including phenoxy) is 2. The Labute approximate surface area is 172 Å². The molecule has 5 rings (SSSR count). The van der Waals surface area contributed by atoms with Gasteiger partial charge < -0.3 is 19.5 Å². The van der Waals surface area contributed by atoms with Gasteiger partial charge in [-0.05, 0) is 62.2 Å². The van der Waals surface area contributed by atoms with Crippen LogP contribution in [0.15, 0.2) is 12.1 Å². The van der Waals surface area contributed by atoms with Crippen molar-refractivity contribution in [2.24, 2.45) is 5.41 Å². The second-order valence-electron chi connectivity index (χ2n) is 9.35. The third-order valence-electron chi connectivity index (χ3n) is 8.46. The van der Waals surface area contributed by atoms with Gasteiger partial charge in [0, 0.05) is 18.4 Å². The first-order chi connectivity index (χ1) is 13.9. The molecule has 1 aliphatic carbocycles. The summed E-state index contributed by atoms with van der Waals surface area (Å²) in [4.78, 5) is 17.4. The Morgan fingerprint density at radius 3 is 2.69 bits per heavy atom. The summed E-state index contributed by atoms with van der Waals surface area (Å²) in [7, 11) is 3.25. The molecule has 1 amide bonds. The number of nitrogens with zero attached hydrogens (tertiary/aromatic N) is 2. The number of benzene rings is 1. The molecular formula is C23H32N2O4. The van der Waals surface area contributed by atoms with E-state index in [1.54, 1.807) is 21.1 Å². The lowest BCUT2D eigenvalue weighted by Gasteiger charge is -2.60. The van der Waals surface area contributed by atoms with E-state index in [0.717, 1.165) is 50.0 Å². The van der Waals surface area contributed by atoms with Gasteiger partial charge in [-0.3, -0.25) is 9.69 Å². The molecule has 6 nitrogen and oxygen atoms in total. The summed E-state index contributed by atoms with van der Waals surface area (Å²) < 4.78 is 11.3.